The van der Waals surface area contributed by atoms with Gasteiger partial charge in [0.05, 0.1) is 0 Å². The Labute approximate surface area is 92.6 Å². The van der Waals surface area contributed by atoms with E-state index in [1.54, 1.807) is 6.92 Å². The second-order valence-corrected chi connectivity index (χ2v) is 4.35. The van der Waals surface area contributed by atoms with Crippen LogP contribution >= 0.6 is 0 Å². The van der Waals surface area contributed by atoms with Gasteiger partial charge in [0.25, 0.3) is 0 Å². The minimum absolute atomic E-state index is 0.0225. The van der Waals surface area contributed by atoms with Crippen LogP contribution in [0.15, 0.2) is 12.2 Å². The Hall–Kier alpha value is -1.72. The van der Waals surface area contributed by atoms with Crippen molar-refractivity contribution < 1.29 is 19.1 Å². The quantitative estimate of drug-likeness (QED) is 0.669. The molecule has 4 N–H and O–H groups in total. The first-order chi connectivity index (χ1) is 7.43. The third kappa shape index (κ3) is 1.50. The second kappa shape index (κ2) is 3.40. The molecule has 0 aromatic heterocycles. The molecule has 1 saturated carbocycles. The molecule has 16 heavy (non-hydrogen) atoms. The van der Waals surface area contributed by atoms with Crippen molar-refractivity contribution in [1.82, 2.24) is 0 Å². The molecule has 0 aromatic rings. The first kappa shape index (κ1) is 10.8. The summed E-state index contributed by atoms with van der Waals surface area (Å²) in [7, 11) is 0. The van der Waals surface area contributed by atoms with E-state index in [4.69, 9.17) is 20.9 Å². The molecule has 0 radical (unpaired) electrons. The lowest BCUT2D eigenvalue weighted by atomic mass is 9.87. The smallest absolute Gasteiger partial charge is 0.405 e. The molecular weight excluding hydrogens is 212 g/mol. The van der Waals surface area contributed by atoms with Crippen LogP contribution in [0.1, 0.15) is 13.3 Å². The number of carbonyl (C=O) groups is 2. The average Bonchev–Trinajstić information content (AvgIpc) is 2.67. The molecule has 4 atom stereocenters. The van der Waals surface area contributed by atoms with Gasteiger partial charge in [-0.05, 0) is 13.3 Å². The minimum atomic E-state index is -0.902. The number of nitrogens with two attached hydrogens (primary N) is 2. The monoisotopic (exact) mass is 226 g/mol. The Morgan fingerprint density at radius 3 is 2.56 bits per heavy atom. The summed E-state index contributed by atoms with van der Waals surface area (Å²) < 4.78 is 10.1. The summed E-state index contributed by atoms with van der Waals surface area (Å²) in [4.78, 5) is 21.7. The van der Waals surface area contributed by atoms with E-state index in [1.165, 1.54) is 0 Å². The number of rotatable bonds is 2. The first-order valence-corrected chi connectivity index (χ1v) is 5.06. The lowest BCUT2D eigenvalue weighted by Crippen LogP contribution is -2.50. The summed E-state index contributed by atoms with van der Waals surface area (Å²) in [6, 6.07) is 0. The van der Waals surface area contributed by atoms with Gasteiger partial charge in [0.15, 0.2) is 5.60 Å². The number of hydrogen-bond acceptors (Lipinski definition) is 4. The van der Waals surface area contributed by atoms with Crippen molar-refractivity contribution in [3.8, 4) is 0 Å². The van der Waals surface area contributed by atoms with Crippen LogP contribution in [0.2, 0.25) is 0 Å². The summed E-state index contributed by atoms with van der Waals surface area (Å²) in [5, 5.41) is 0. The summed E-state index contributed by atoms with van der Waals surface area (Å²) in [6.45, 7) is 1.71. The van der Waals surface area contributed by atoms with E-state index in [-0.39, 0.29) is 11.8 Å². The number of hydrogen-bond donors (Lipinski definition) is 2. The van der Waals surface area contributed by atoms with E-state index in [0.717, 1.165) is 6.42 Å². The molecule has 0 heterocycles. The maximum atomic E-state index is 10.9. The van der Waals surface area contributed by atoms with Crippen LogP contribution in [-0.4, -0.2) is 23.9 Å². The van der Waals surface area contributed by atoms with E-state index in [2.05, 4.69) is 0 Å². The maximum Gasteiger partial charge on any atom is 0.405 e. The number of fused-ring (bicyclic) bond motifs is 2. The number of carbonyl (C=O) groups excluding carboxylic acids is 2. The molecule has 88 valence electrons. The maximum absolute atomic E-state index is 10.9. The van der Waals surface area contributed by atoms with Crippen molar-refractivity contribution in [3.05, 3.63) is 12.2 Å². The van der Waals surface area contributed by atoms with Crippen LogP contribution in [0.5, 0.6) is 0 Å². The van der Waals surface area contributed by atoms with Crippen molar-refractivity contribution in [1.29, 1.82) is 0 Å². The molecule has 2 amide bonds. The predicted octanol–water partition coefficient (Wildman–Crippen LogP) is 0.510. The Morgan fingerprint density at radius 2 is 2.00 bits per heavy atom. The van der Waals surface area contributed by atoms with Crippen LogP contribution in [-0.2, 0) is 9.47 Å². The SMILES string of the molecule is CC1(OC(N)=O)C2C=CC(C2)C1OC(N)=O. The molecule has 6 heteroatoms. The van der Waals surface area contributed by atoms with Crippen LogP contribution in [0.25, 0.3) is 0 Å². The molecule has 2 bridgehead atoms. The summed E-state index contributed by atoms with van der Waals surface area (Å²) in [6.07, 6.45) is 2.39. The van der Waals surface area contributed by atoms with Gasteiger partial charge in [0.2, 0.25) is 0 Å². The fourth-order valence-corrected chi connectivity index (χ4v) is 2.69. The third-order valence-corrected chi connectivity index (χ3v) is 3.37. The summed E-state index contributed by atoms with van der Waals surface area (Å²) >= 11 is 0. The van der Waals surface area contributed by atoms with Crippen molar-refractivity contribution in [2.75, 3.05) is 0 Å². The van der Waals surface area contributed by atoms with Crippen LogP contribution in [0.3, 0.4) is 0 Å². The van der Waals surface area contributed by atoms with Crippen molar-refractivity contribution in [2.45, 2.75) is 25.0 Å². The highest BCUT2D eigenvalue weighted by Gasteiger charge is 2.58. The zero-order valence-corrected chi connectivity index (χ0v) is 8.88. The highest BCUT2D eigenvalue weighted by molar-refractivity contribution is 5.67. The van der Waals surface area contributed by atoms with Gasteiger partial charge in [-0.3, -0.25) is 0 Å². The predicted molar refractivity (Wildman–Crippen MR) is 54.3 cm³/mol. The highest BCUT2D eigenvalue weighted by atomic mass is 16.6. The normalized spacial score (nSPS) is 39.7. The molecule has 0 aromatic carbocycles. The fraction of sp³-hybridized carbons (Fsp3) is 0.600. The van der Waals surface area contributed by atoms with Crippen LogP contribution < -0.4 is 11.5 Å². The Bertz CT molecular complexity index is 368. The molecule has 0 saturated heterocycles. The lowest BCUT2D eigenvalue weighted by Gasteiger charge is -2.36. The largest absolute Gasteiger partial charge is 0.441 e. The molecule has 0 spiro atoms. The summed E-state index contributed by atoms with van der Waals surface area (Å²) in [5.74, 6) is 0.0659. The van der Waals surface area contributed by atoms with Gasteiger partial charge in [-0.15, -0.1) is 0 Å². The van der Waals surface area contributed by atoms with Crippen LogP contribution in [0.4, 0.5) is 9.59 Å². The molecule has 2 rings (SSSR count). The van der Waals surface area contributed by atoms with Gasteiger partial charge in [-0.1, -0.05) is 12.2 Å². The molecule has 4 unspecified atom stereocenters. The zero-order valence-electron chi connectivity index (χ0n) is 8.88. The van der Waals surface area contributed by atoms with Gasteiger partial charge < -0.3 is 20.9 Å². The van der Waals surface area contributed by atoms with E-state index < -0.39 is 23.9 Å². The van der Waals surface area contributed by atoms with Gasteiger partial charge in [-0.2, -0.15) is 0 Å². The van der Waals surface area contributed by atoms with Gasteiger partial charge >= 0.3 is 12.2 Å². The molecular formula is C10H14N2O4. The van der Waals surface area contributed by atoms with E-state index in [9.17, 15) is 9.59 Å². The highest BCUT2D eigenvalue weighted by Crippen LogP contribution is 2.49. The van der Waals surface area contributed by atoms with Crippen molar-refractivity contribution >= 4 is 12.2 Å². The second-order valence-electron chi connectivity index (χ2n) is 4.35. The first-order valence-electron chi connectivity index (χ1n) is 5.06. The van der Waals surface area contributed by atoms with E-state index >= 15 is 0 Å². The van der Waals surface area contributed by atoms with Gasteiger partial charge in [0, 0.05) is 11.8 Å². The number of amides is 2. The van der Waals surface area contributed by atoms with E-state index in [0.29, 0.717) is 0 Å². The standard InChI is InChI=1S/C10H14N2O4/c1-10(16-9(12)14)6-3-2-5(4-6)7(10)15-8(11)13/h2-3,5-7H,4H2,1H3,(H2,11,13)(H2,12,14). The minimum Gasteiger partial charge on any atom is -0.441 e. The Balaban J connectivity index is 2.23. The molecule has 2 aliphatic rings. The zero-order chi connectivity index (χ0) is 11.9. The Kier molecular flexibility index (Phi) is 2.29. The molecule has 1 fully saturated rings. The third-order valence-electron chi connectivity index (χ3n) is 3.37. The topological polar surface area (TPSA) is 105 Å². The van der Waals surface area contributed by atoms with Crippen molar-refractivity contribution in [2.24, 2.45) is 23.3 Å². The molecule has 2 aliphatic carbocycles. The molecule has 6 nitrogen and oxygen atoms in total. The van der Waals surface area contributed by atoms with Crippen molar-refractivity contribution in [3.63, 3.8) is 0 Å². The summed E-state index contributed by atoms with van der Waals surface area (Å²) in [5.41, 5.74) is 9.12. The molecule has 0 aliphatic heterocycles. The Morgan fingerprint density at radius 1 is 1.31 bits per heavy atom. The fourth-order valence-electron chi connectivity index (χ4n) is 2.69. The van der Waals surface area contributed by atoms with Gasteiger partial charge in [-0.25, -0.2) is 9.59 Å². The average molecular weight is 226 g/mol. The van der Waals surface area contributed by atoms with Crippen LogP contribution in [0, 0.1) is 11.8 Å². The van der Waals surface area contributed by atoms with Gasteiger partial charge in [0.1, 0.15) is 6.10 Å². The number of primary amides is 2. The van der Waals surface area contributed by atoms with E-state index in [1.807, 2.05) is 12.2 Å². The lowest BCUT2D eigenvalue weighted by molar-refractivity contribution is -0.0764. The number of ether oxygens (including phenoxy) is 2.